The van der Waals surface area contributed by atoms with Gasteiger partial charge in [0, 0.05) is 81.9 Å². The summed E-state index contributed by atoms with van der Waals surface area (Å²) in [7, 11) is 1.53. The Morgan fingerprint density at radius 3 is 2.41 bits per heavy atom. The van der Waals surface area contributed by atoms with Crippen molar-refractivity contribution in [3.05, 3.63) is 66.3 Å². The monoisotopic (exact) mass is 646 g/mol. The van der Waals surface area contributed by atoms with Gasteiger partial charge in [0.25, 0.3) is 0 Å². The van der Waals surface area contributed by atoms with Gasteiger partial charge in [-0.3, -0.25) is 19.4 Å². The highest BCUT2D eigenvalue weighted by atomic mass is 19.4. The molecule has 1 aromatic carbocycles. The van der Waals surface area contributed by atoms with E-state index in [4.69, 9.17) is 4.74 Å². The Labute approximate surface area is 268 Å². The lowest BCUT2D eigenvalue weighted by Crippen LogP contribution is -2.51. The van der Waals surface area contributed by atoms with E-state index in [9.17, 15) is 27.9 Å². The zero-order valence-electron chi connectivity index (χ0n) is 27.0. The lowest BCUT2D eigenvalue weighted by molar-refractivity contribution is -0.139. The molecule has 1 aromatic heterocycles. The second kappa shape index (κ2) is 17.2. The fourth-order valence-corrected chi connectivity index (χ4v) is 5.72. The van der Waals surface area contributed by atoms with E-state index in [1.807, 2.05) is 42.7 Å². The number of amides is 2. The van der Waals surface area contributed by atoms with Gasteiger partial charge in [0.05, 0.1) is 18.7 Å². The molecule has 0 spiro atoms. The minimum absolute atomic E-state index is 0.0191. The summed E-state index contributed by atoms with van der Waals surface area (Å²) in [5.41, 5.74) is -0.904. The number of phenols is 1. The predicted molar refractivity (Wildman–Crippen MR) is 171 cm³/mol. The predicted octanol–water partition coefficient (Wildman–Crippen LogP) is 4.70. The third kappa shape index (κ3) is 10.4. The van der Waals surface area contributed by atoms with Crippen LogP contribution >= 0.6 is 0 Å². The number of carbonyl (C=O) groups is 2. The Bertz CT molecular complexity index is 1350. The van der Waals surface area contributed by atoms with Gasteiger partial charge in [-0.25, -0.2) is 9.97 Å². The molecular formula is C33H45F3N6O4. The highest BCUT2D eigenvalue weighted by molar-refractivity contribution is 5.91. The topological polar surface area (TPSA) is 111 Å². The van der Waals surface area contributed by atoms with Crippen LogP contribution in [0.15, 0.2) is 54.9 Å². The molecule has 2 amide bonds. The minimum Gasteiger partial charge on any atom is -0.507 e. The van der Waals surface area contributed by atoms with Crippen molar-refractivity contribution in [3.8, 4) is 5.75 Å². The number of aromatic hydroxyl groups is 1. The molecule has 2 saturated heterocycles. The molecule has 2 fully saturated rings. The molecule has 0 bridgehead atoms. The number of aromatic nitrogens is 2. The van der Waals surface area contributed by atoms with E-state index in [-0.39, 0.29) is 31.2 Å². The number of nitrogens with zero attached hydrogens (tertiary/aromatic N) is 5. The first-order valence-corrected chi connectivity index (χ1v) is 15.5. The molecule has 0 radical (unpaired) electrons. The molecule has 2 aliphatic rings. The van der Waals surface area contributed by atoms with Crippen molar-refractivity contribution < 1.29 is 32.6 Å². The number of rotatable bonds is 11. The van der Waals surface area contributed by atoms with Crippen molar-refractivity contribution in [2.24, 2.45) is 5.41 Å². The molecule has 0 aliphatic carbocycles. The molecule has 2 aliphatic heterocycles. The van der Waals surface area contributed by atoms with Gasteiger partial charge in [-0.05, 0) is 44.2 Å². The van der Waals surface area contributed by atoms with E-state index in [1.54, 1.807) is 18.5 Å². The Hall–Kier alpha value is -3.81. The third-order valence-corrected chi connectivity index (χ3v) is 7.97. The smallest absolute Gasteiger partial charge is 0.420 e. The first-order valence-electron chi connectivity index (χ1n) is 15.5. The number of methoxy groups -OCH3 is 1. The van der Waals surface area contributed by atoms with Crippen LogP contribution in [0, 0.1) is 5.41 Å². The number of carbonyl (C=O) groups excluding carboxylic acids is 2. The van der Waals surface area contributed by atoms with Crippen molar-refractivity contribution in [1.82, 2.24) is 24.7 Å². The molecule has 0 saturated carbocycles. The standard InChI is InChI=1S/C31H39F3N6O4.C2H6/c1-3-23(29-35-10-5-11-36-29)6-4-12-38-14-16-40(17-15-38)28(43)20-39-13-9-30(21-39,22-44-2)19-27(42)37-24-7-8-26(41)25(18-24)31(32,33)34;1-2/h3-8,10-11,18,41H,9,12-17,19-22H2,1-2H3,(H,37,42);1-2H3/b6-4-,23-3+;. The van der Waals surface area contributed by atoms with Crippen molar-refractivity contribution in [1.29, 1.82) is 0 Å². The van der Waals surface area contributed by atoms with Crippen LogP contribution in [0.4, 0.5) is 18.9 Å². The number of ether oxygens (including phenoxy) is 1. The lowest BCUT2D eigenvalue weighted by Gasteiger charge is -2.35. The van der Waals surface area contributed by atoms with E-state index in [1.165, 1.54) is 13.2 Å². The first kappa shape index (κ1) is 36.7. The second-order valence-corrected chi connectivity index (χ2v) is 11.2. The Kier molecular flexibility index (Phi) is 13.7. The average Bonchev–Trinajstić information content (AvgIpc) is 3.42. The van der Waals surface area contributed by atoms with E-state index >= 15 is 0 Å². The Morgan fingerprint density at radius 1 is 1.09 bits per heavy atom. The van der Waals surface area contributed by atoms with Gasteiger partial charge in [-0.1, -0.05) is 32.1 Å². The van der Waals surface area contributed by atoms with Crippen LogP contribution < -0.4 is 5.32 Å². The summed E-state index contributed by atoms with van der Waals surface area (Å²) >= 11 is 0. The van der Waals surface area contributed by atoms with Gasteiger partial charge < -0.3 is 20.1 Å². The summed E-state index contributed by atoms with van der Waals surface area (Å²) in [5.74, 6) is -0.662. The van der Waals surface area contributed by atoms with Crippen LogP contribution in [-0.2, 0) is 20.5 Å². The molecule has 3 heterocycles. The quantitative estimate of drug-likeness (QED) is 0.267. The minimum atomic E-state index is -4.75. The SMILES string of the molecule is C/C=C(\C=C/CN1CCN(C(=O)CN2CCC(COC)(CC(=O)Nc3ccc(O)c(C(F)(F)F)c3)C2)CC1)c1ncccn1.CC. The van der Waals surface area contributed by atoms with Gasteiger partial charge in [0.15, 0.2) is 5.82 Å². The highest BCUT2D eigenvalue weighted by Crippen LogP contribution is 2.38. The Morgan fingerprint density at radius 2 is 1.78 bits per heavy atom. The highest BCUT2D eigenvalue weighted by Gasteiger charge is 2.41. The van der Waals surface area contributed by atoms with E-state index in [2.05, 4.69) is 26.3 Å². The maximum atomic E-state index is 13.2. The average molecular weight is 647 g/mol. The maximum absolute atomic E-state index is 13.2. The maximum Gasteiger partial charge on any atom is 0.420 e. The number of phenolic OH excluding ortho intramolecular Hbond substituents is 1. The summed E-state index contributed by atoms with van der Waals surface area (Å²) in [6.07, 6.45) is 5.36. The number of alkyl halides is 3. The van der Waals surface area contributed by atoms with Crippen LogP contribution in [-0.4, -0.2) is 108 Å². The third-order valence-electron chi connectivity index (χ3n) is 7.97. The molecule has 13 heteroatoms. The van der Waals surface area contributed by atoms with Gasteiger partial charge in [-0.2, -0.15) is 13.2 Å². The van der Waals surface area contributed by atoms with Crippen LogP contribution in [0.2, 0.25) is 0 Å². The number of allylic oxidation sites excluding steroid dienone is 3. The lowest BCUT2D eigenvalue weighted by atomic mass is 9.84. The zero-order chi connectivity index (χ0) is 33.7. The largest absolute Gasteiger partial charge is 0.507 e. The zero-order valence-corrected chi connectivity index (χ0v) is 27.0. The van der Waals surface area contributed by atoms with Crippen LogP contribution in [0.5, 0.6) is 5.75 Å². The van der Waals surface area contributed by atoms with Gasteiger partial charge in [0.1, 0.15) is 5.75 Å². The van der Waals surface area contributed by atoms with Crippen molar-refractivity contribution in [2.45, 2.75) is 39.8 Å². The van der Waals surface area contributed by atoms with E-state index < -0.39 is 28.8 Å². The molecule has 252 valence electrons. The number of hydrogen-bond donors (Lipinski definition) is 2. The molecule has 1 unspecified atom stereocenters. The molecule has 10 nitrogen and oxygen atoms in total. The fraction of sp³-hybridized carbons (Fsp3) is 0.515. The fourth-order valence-electron chi connectivity index (χ4n) is 5.72. The summed E-state index contributed by atoms with van der Waals surface area (Å²) < 4.78 is 44.9. The number of anilines is 1. The van der Waals surface area contributed by atoms with Crippen LogP contribution in [0.1, 0.15) is 45.0 Å². The number of piperazine rings is 1. The van der Waals surface area contributed by atoms with Crippen LogP contribution in [0.25, 0.3) is 5.57 Å². The van der Waals surface area contributed by atoms with Crippen molar-refractivity contribution >= 4 is 23.1 Å². The number of halogens is 3. The first-order chi connectivity index (χ1) is 22.0. The molecular weight excluding hydrogens is 601 g/mol. The number of likely N-dealkylation sites (tertiary alicyclic amines) is 1. The van der Waals surface area contributed by atoms with Gasteiger partial charge in [-0.15, -0.1) is 0 Å². The Balaban J connectivity index is 0.00000282. The van der Waals surface area contributed by atoms with Crippen LogP contribution in [0.3, 0.4) is 0 Å². The summed E-state index contributed by atoms with van der Waals surface area (Å²) in [5, 5.41) is 12.1. The van der Waals surface area contributed by atoms with Gasteiger partial charge >= 0.3 is 6.18 Å². The molecule has 2 N–H and O–H groups in total. The number of nitrogens with one attached hydrogen (secondary N) is 1. The molecule has 2 aromatic rings. The second-order valence-electron chi connectivity index (χ2n) is 11.2. The number of benzene rings is 1. The van der Waals surface area contributed by atoms with Gasteiger partial charge in [0.2, 0.25) is 11.8 Å². The number of hydrogen-bond acceptors (Lipinski definition) is 8. The summed E-state index contributed by atoms with van der Waals surface area (Å²) in [4.78, 5) is 40.8. The van der Waals surface area contributed by atoms with E-state index in [0.717, 1.165) is 31.3 Å². The van der Waals surface area contributed by atoms with Crippen molar-refractivity contribution in [3.63, 3.8) is 0 Å². The van der Waals surface area contributed by atoms with E-state index in [0.29, 0.717) is 44.5 Å². The van der Waals surface area contributed by atoms with Crippen molar-refractivity contribution in [2.75, 3.05) is 71.4 Å². The molecule has 1 atom stereocenters. The summed E-state index contributed by atoms with van der Waals surface area (Å²) in [6, 6.07) is 4.62. The molecule has 4 rings (SSSR count). The molecule has 46 heavy (non-hydrogen) atoms. The summed E-state index contributed by atoms with van der Waals surface area (Å²) in [6.45, 7) is 11.0. The normalized spacial score (nSPS) is 19.6.